The number of nitrogen functional groups attached to an aromatic ring is 1. The largest absolute Gasteiger partial charge is 0.386 e. The van der Waals surface area contributed by atoms with Crippen molar-refractivity contribution in [2.24, 2.45) is 0 Å². The lowest BCUT2D eigenvalue weighted by Crippen LogP contribution is -2.12. The van der Waals surface area contributed by atoms with Crippen molar-refractivity contribution in [3.63, 3.8) is 0 Å². The van der Waals surface area contributed by atoms with Gasteiger partial charge in [-0.25, -0.2) is 4.68 Å². The van der Waals surface area contributed by atoms with Crippen LogP contribution in [0.3, 0.4) is 0 Å². The highest BCUT2D eigenvalue weighted by molar-refractivity contribution is 5.29. The minimum Gasteiger partial charge on any atom is -0.386 e. The summed E-state index contributed by atoms with van der Waals surface area (Å²) in [4.78, 5) is 0. The molecule has 0 bridgehead atoms. The van der Waals surface area contributed by atoms with Crippen LogP contribution in [0, 0.1) is 6.92 Å². The molecule has 1 aromatic heterocycles. The van der Waals surface area contributed by atoms with Crippen LogP contribution >= 0.6 is 0 Å². The van der Waals surface area contributed by atoms with E-state index in [0.717, 1.165) is 11.1 Å². The van der Waals surface area contributed by atoms with Gasteiger partial charge in [-0.15, -0.1) is 0 Å². The number of aliphatic hydroxyl groups excluding tert-OH is 1. The summed E-state index contributed by atoms with van der Waals surface area (Å²) in [6, 6.07) is 9.47. The number of anilines is 1. The molecule has 84 valence electrons. The molecule has 0 fully saturated rings. The predicted octanol–water partition coefficient (Wildman–Crippen LogP) is 1.51. The molecule has 0 radical (unpaired) electrons. The number of aromatic nitrogens is 2. The van der Waals surface area contributed by atoms with Crippen LogP contribution in [0.25, 0.3) is 0 Å². The summed E-state index contributed by atoms with van der Waals surface area (Å²) in [6.45, 7) is 2.36. The van der Waals surface area contributed by atoms with Gasteiger partial charge in [-0.1, -0.05) is 24.3 Å². The number of nitrogens with two attached hydrogens (primary N) is 1. The molecule has 0 aliphatic heterocycles. The maximum absolute atomic E-state index is 10.1. The van der Waals surface area contributed by atoms with Crippen LogP contribution in [0.4, 0.5) is 5.82 Å². The number of benzene rings is 1. The van der Waals surface area contributed by atoms with Gasteiger partial charge in [0.05, 0.1) is 18.8 Å². The van der Waals surface area contributed by atoms with Crippen LogP contribution in [0.5, 0.6) is 0 Å². The number of rotatable bonds is 3. The van der Waals surface area contributed by atoms with Crippen LogP contribution in [-0.2, 0) is 6.54 Å². The summed E-state index contributed by atoms with van der Waals surface area (Å²) < 4.78 is 1.59. The number of hydrogen-bond acceptors (Lipinski definition) is 3. The molecule has 3 N–H and O–H groups in total. The topological polar surface area (TPSA) is 64.1 Å². The fourth-order valence-corrected chi connectivity index (χ4v) is 1.72. The molecule has 4 nitrogen and oxygen atoms in total. The average molecular weight is 217 g/mol. The predicted molar refractivity (Wildman–Crippen MR) is 62.8 cm³/mol. The van der Waals surface area contributed by atoms with Crippen LogP contribution in [-0.4, -0.2) is 14.9 Å². The van der Waals surface area contributed by atoms with Crippen LogP contribution in [0.2, 0.25) is 0 Å². The van der Waals surface area contributed by atoms with Crippen LogP contribution in [0.1, 0.15) is 17.2 Å². The second kappa shape index (κ2) is 4.37. The van der Waals surface area contributed by atoms with E-state index in [1.165, 1.54) is 0 Å². The first-order chi connectivity index (χ1) is 7.68. The average Bonchev–Trinajstić information content (AvgIpc) is 2.65. The summed E-state index contributed by atoms with van der Waals surface area (Å²) >= 11 is 0. The molecule has 1 aromatic carbocycles. The summed E-state index contributed by atoms with van der Waals surface area (Å²) in [5, 5.41) is 14.1. The minimum atomic E-state index is -0.580. The molecule has 0 spiro atoms. The third-order valence-corrected chi connectivity index (χ3v) is 2.64. The molecule has 0 saturated heterocycles. The van der Waals surface area contributed by atoms with Gasteiger partial charge in [0.1, 0.15) is 5.82 Å². The first-order valence-electron chi connectivity index (χ1n) is 5.19. The SMILES string of the molecule is Cc1ccccc1C(O)Cn1nccc1N. The van der Waals surface area contributed by atoms with E-state index in [0.29, 0.717) is 12.4 Å². The van der Waals surface area contributed by atoms with Crippen molar-refractivity contribution in [2.45, 2.75) is 19.6 Å². The van der Waals surface area contributed by atoms with Crippen molar-refractivity contribution >= 4 is 5.82 Å². The Labute approximate surface area is 94.3 Å². The highest BCUT2D eigenvalue weighted by Gasteiger charge is 2.11. The Morgan fingerprint density at radius 3 is 2.75 bits per heavy atom. The molecule has 2 aromatic rings. The lowest BCUT2D eigenvalue weighted by Gasteiger charge is -2.14. The Bertz CT molecular complexity index is 479. The third-order valence-electron chi connectivity index (χ3n) is 2.64. The second-order valence-corrected chi connectivity index (χ2v) is 3.81. The first-order valence-corrected chi connectivity index (χ1v) is 5.19. The molecule has 2 rings (SSSR count). The molecule has 16 heavy (non-hydrogen) atoms. The van der Waals surface area contributed by atoms with E-state index in [1.54, 1.807) is 16.9 Å². The fourth-order valence-electron chi connectivity index (χ4n) is 1.72. The zero-order valence-corrected chi connectivity index (χ0v) is 9.17. The van der Waals surface area contributed by atoms with Crippen molar-refractivity contribution in [1.29, 1.82) is 0 Å². The number of aryl methyl sites for hydroxylation is 1. The van der Waals surface area contributed by atoms with Gasteiger partial charge >= 0.3 is 0 Å². The number of hydrogen-bond donors (Lipinski definition) is 2. The smallest absolute Gasteiger partial charge is 0.121 e. The Kier molecular flexibility index (Phi) is 2.92. The van der Waals surface area contributed by atoms with Gasteiger partial charge in [-0.05, 0) is 24.1 Å². The maximum atomic E-state index is 10.1. The van der Waals surface area contributed by atoms with Gasteiger partial charge in [-0.3, -0.25) is 0 Å². The van der Waals surface area contributed by atoms with Crippen LogP contribution < -0.4 is 5.73 Å². The van der Waals surface area contributed by atoms with Crippen molar-refractivity contribution in [2.75, 3.05) is 5.73 Å². The molecule has 0 aliphatic carbocycles. The summed E-state index contributed by atoms with van der Waals surface area (Å²) in [5.41, 5.74) is 7.68. The lowest BCUT2D eigenvalue weighted by molar-refractivity contribution is 0.152. The van der Waals surface area contributed by atoms with Crippen molar-refractivity contribution in [1.82, 2.24) is 9.78 Å². The Morgan fingerprint density at radius 1 is 1.38 bits per heavy atom. The molecular weight excluding hydrogens is 202 g/mol. The summed E-state index contributed by atoms with van der Waals surface area (Å²) in [6.07, 6.45) is 1.04. The third kappa shape index (κ3) is 2.06. The molecule has 1 atom stereocenters. The van der Waals surface area contributed by atoms with Gasteiger partial charge in [0.25, 0.3) is 0 Å². The Balaban J connectivity index is 2.18. The van der Waals surface area contributed by atoms with E-state index in [-0.39, 0.29) is 0 Å². The molecule has 1 heterocycles. The fraction of sp³-hybridized carbons (Fsp3) is 0.250. The van der Waals surface area contributed by atoms with Crippen molar-refractivity contribution in [3.05, 3.63) is 47.7 Å². The highest BCUT2D eigenvalue weighted by Crippen LogP contribution is 2.19. The summed E-state index contributed by atoms with van der Waals surface area (Å²) in [5.74, 6) is 0.563. The molecular formula is C12H15N3O. The van der Waals surface area contributed by atoms with Gasteiger partial charge in [-0.2, -0.15) is 5.10 Å². The van der Waals surface area contributed by atoms with Crippen molar-refractivity contribution in [3.8, 4) is 0 Å². The Morgan fingerprint density at radius 2 is 2.12 bits per heavy atom. The molecule has 0 amide bonds. The lowest BCUT2D eigenvalue weighted by atomic mass is 10.0. The van der Waals surface area contributed by atoms with E-state index < -0.39 is 6.10 Å². The van der Waals surface area contributed by atoms with E-state index in [9.17, 15) is 5.11 Å². The number of aliphatic hydroxyl groups is 1. The zero-order chi connectivity index (χ0) is 11.5. The van der Waals surface area contributed by atoms with E-state index in [4.69, 9.17) is 5.73 Å². The van der Waals surface area contributed by atoms with Crippen LogP contribution in [0.15, 0.2) is 36.5 Å². The zero-order valence-electron chi connectivity index (χ0n) is 9.17. The molecule has 4 heteroatoms. The first kappa shape index (κ1) is 10.7. The monoisotopic (exact) mass is 217 g/mol. The van der Waals surface area contributed by atoms with Gasteiger partial charge < -0.3 is 10.8 Å². The molecule has 1 unspecified atom stereocenters. The van der Waals surface area contributed by atoms with Gasteiger partial charge in [0.2, 0.25) is 0 Å². The van der Waals surface area contributed by atoms with Gasteiger partial charge in [0.15, 0.2) is 0 Å². The van der Waals surface area contributed by atoms with E-state index in [1.807, 2.05) is 31.2 Å². The highest BCUT2D eigenvalue weighted by atomic mass is 16.3. The normalized spacial score (nSPS) is 12.6. The second-order valence-electron chi connectivity index (χ2n) is 3.81. The standard InChI is InChI=1S/C12H15N3O/c1-9-4-2-3-5-10(9)11(16)8-15-12(13)6-7-14-15/h2-7,11,16H,8,13H2,1H3. The van der Waals surface area contributed by atoms with Crippen molar-refractivity contribution < 1.29 is 5.11 Å². The Hall–Kier alpha value is -1.81. The molecule has 0 aliphatic rings. The summed E-state index contributed by atoms with van der Waals surface area (Å²) in [7, 11) is 0. The van der Waals surface area contributed by atoms with Gasteiger partial charge in [0, 0.05) is 0 Å². The number of nitrogens with zero attached hydrogens (tertiary/aromatic N) is 2. The molecule has 0 saturated carbocycles. The van der Waals surface area contributed by atoms with E-state index >= 15 is 0 Å². The van der Waals surface area contributed by atoms with E-state index in [2.05, 4.69) is 5.10 Å². The minimum absolute atomic E-state index is 0.379. The quantitative estimate of drug-likeness (QED) is 0.819. The maximum Gasteiger partial charge on any atom is 0.121 e.